The van der Waals surface area contributed by atoms with Gasteiger partial charge in [-0.1, -0.05) is 48.5 Å². The summed E-state index contributed by atoms with van der Waals surface area (Å²) < 4.78 is 0. The van der Waals surface area contributed by atoms with Gasteiger partial charge in [-0.05, 0) is 36.5 Å². The summed E-state index contributed by atoms with van der Waals surface area (Å²) in [6.07, 6.45) is 2.39. The van der Waals surface area contributed by atoms with E-state index in [4.69, 9.17) is 22.3 Å². The number of nitrogens with one attached hydrogen (secondary N) is 5. The highest BCUT2D eigenvalue weighted by Gasteiger charge is 2.28. The van der Waals surface area contributed by atoms with Gasteiger partial charge in [0, 0.05) is 30.1 Å². The molecule has 0 saturated carbocycles. The third-order valence-electron chi connectivity index (χ3n) is 6.80. The normalized spacial score (nSPS) is 12.7. The lowest BCUT2D eigenvalue weighted by Crippen LogP contribution is -2.56. The monoisotopic (exact) mass is 621 g/mol. The molecule has 0 bridgehead atoms. The predicted octanol–water partition coefficient (Wildman–Crippen LogP) is -1.38. The second-order valence-electron chi connectivity index (χ2n) is 10.3. The van der Waals surface area contributed by atoms with Crippen LogP contribution < -0.4 is 38.5 Å². The number of carboxylic acid groups (broad SMARTS) is 1. The number of nitrogens with zero attached hydrogens (tertiary/aromatic N) is 1. The average Bonchev–Trinajstić information content (AvgIpc) is 3.42. The summed E-state index contributed by atoms with van der Waals surface area (Å²) in [5.41, 5.74) is 19.1. The highest BCUT2D eigenvalue weighted by atomic mass is 16.4. The standard InChI is InChI=1S/C30H39N9O6/c31-21(13-18-7-2-1-3-8-18)27(43)36-16-25(40)38-23(11-6-12-34-30(32)33)29(45)39-24(28(44)37-17-26(41)42)14-19-15-35-22-10-5-4-9-20(19)22/h1-5,7-10,15,21,23-24,35H,6,11-14,16-17,31H2,(H,36,43)(H,37,44)(H,38,40)(H,39,45)(H,41,42)(H4,32,33,34)/t21-,23-,24-/m0/s1. The Bertz CT molecular complexity index is 1500. The summed E-state index contributed by atoms with van der Waals surface area (Å²) in [7, 11) is 0. The van der Waals surface area contributed by atoms with E-state index in [-0.39, 0.29) is 31.8 Å². The van der Waals surface area contributed by atoms with Crippen LogP contribution in [-0.4, -0.2) is 83.4 Å². The lowest BCUT2D eigenvalue weighted by molar-refractivity contribution is -0.138. The Morgan fingerprint density at radius 2 is 1.51 bits per heavy atom. The molecule has 15 heteroatoms. The van der Waals surface area contributed by atoms with Crippen molar-refractivity contribution in [2.75, 3.05) is 19.6 Å². The van der Waals surface area contributed by atoms with Gasteiger partial charge in [0.1, 0.15) is 18.6 Å². The highest BCUT2D eigenvalue weighted by Crippen LogP contribution is 2.19. The first-order valence-electron chi connectivity index (χ1n) is 14.3. The van der Waals surface area contributed by atoms with Crippen LogP contribution in [0.15, 0.2) is 65.8 Å². The smallest absolute Gasteiger partial charge is 0.322 e. The maximum absolute atomic E-state index is 13.5. The zero-order valence-electron chi connectivity index (χ0n) is 24.6. The molecule has 0 spiro atoms. The van der Waals surface area contributed by atoms with E-state index < -0.39 is 60.8 Å². The van der Waals surface area contributed by atoms with E-state index in [9.17, 15) is 24.0 Å². The van der Waals surface area contributed by atoms with E-state index in [0.717, 1.165) is 16.5 Å². The Hall–Kier alpha value is -5.44. The van der Waals surface area contributed by atoms with Crippen molar-refractivity contribution >= 4 is 46.5 Å². The number of carboxylic acids is 1. The van der Waals surface area contributed by atoms with Crippen LogP contribution >= 0.6 is 0 Å². The fourth-order valence-electron chi connectivity index (χ4n) is 4.56. The minimum atomic E-state index is -1.25. The van der Waals surface area contributed by atoms with Crippen molar-refractivity contribution in [1.82, 2.24) is 26.3 Å². The number of H-pyrrole nitrogens is 1. The Morgan fingerprint density at radius 1 is 0.822 bits per heavy atom. The summed E-state index contributed by atoms with van der Waals surface area (Å²) >= 11 is 0. The molecule has 0 unspecified atom stereocenters. The third kappa shape index (κ3) is 11.3. The number of nitrogens with two attached hydrogens (primary N) is 3. The quantitative estimate of drug-likeness (QED) is 0.0488. The fourth-order valence-corrected chi connectivity index (χ4v) is 4.56. The van der Waals surface area contributed by atoms with Crippen molar-refractivity contribution in [2.45, 2.75) is 43.8 Å². The molecule has 2 aromatic carbocycles. The number of hydrogen-bond donors (Lipinski definition) is 9. The van der Waals surface area contributed by atoms with E-state index >= 15 is 0 Å². The van der Waals surface area contributed by atoms with Gasteiger partial charge in [-0.15, -0.1) is 0 Å². The van der Waals surface area contributed by atoms with Crippen LogP contribution in [0.1, 0.15) is 24.0 Å². The number of guanidine groups is 1. The van der Waals surface area contributed by atoms with Gasteiger partial charge < -0.3 is 48.6 Å². The number of aliphatic imine (C=N–C) groups is 1. The first-order valence-corrected chi connectivity index (χ1v) is 14.3. The number of aromatic nitrogens is 1. The van der Waals surface area contributed by atoms with Crippen molar-refractivity contribution in [1.29, 1.82) is 0 Å². The molecule has 0 saturated heterocycles. The largest absolute Gasteiger partial charge is 0.480 e. The van der Waals surface area contributed by atoms with E-state index in [1.807, 2.05) is 54.6 Å². The number of benzene rings is 2. The summed E-state index contributed by atoms with van der Waals surface area (Å²) in [4.78, 5) is 69.9. The fraction of sp³-hybridized carbons (Fsp3) is 0.333. The second-order valence-corrected chi connectivity index (χ2v) is 10.3. The Labute approximate surface area is 259 Å². The summed E-state index contributed by atoms with van der Waals surface area (Å²) in [6.45, 7) is -0.925. The molecule has 4 amide bonds. The number of hydrogen-bond acceptors (Lipinski definition) is 7. The van der Waals surface area contributed by atoms with Crippen molar-refractivity contribution in [3.8, 4) is 0 Å². The van der Waals surface area contributed by atoms with E-state index in [1.165, 1.54) is 0 Å². The molecular weight excluding hydrogens is 582 g/mol. The molecular formula is C30H39N9O6. The van der Waals surface area contributed by atoms with Gasteiger partial charge in [-0.25, -0.2) is 0 Å². The van der Waals surface area contributed by atoms with Crippen LogP contribution in [0.3, 0.4) is 0 Å². The number of para-hydroxylation sites is 1. The summed E-state index contributed by atoms with van der Waals surface area (Å²) in [5.74, 6) is -4.02. The molecule has 3 rings (SSSR count). The summed E-state index contributed by atoms with van der Waals surface area (Å²) in [6, 6.07) is 13.3. The number of amides is 4. The molecule has 0 aliphatic carbocycles. The number of rotatable bonds is 17. The molecule has 12 N–H and O–H groups in total. The predicted molar refractivity (Wildman–Crippen MR) is 168 cm³/mol. The minimum absolute atomic E-state index is 0.0330. The van der Waals surface area contributed by atoms with E-state index in [2.05, 4.69) is 31.2 Å². The molecule has 0 aliphatic heterocycles. The molecule has 0 fully saturated rings. The Kier molecular flexibility index (Phi) is 12.9. The lowest BCUT2D eigenvalue weighted by atomic mass is 10.0. The van der Waals surface area contributed by atoms with Crippen molar-refractivity contribution in [3.05, 3.63) is 71.9 Å². The molecule has 1 heterocycles. The molecule has 1 aromatic heterocycles. The minimum Gasteiger partial charge on any atom is -0.480 e. The molecule has 45 heavy (non-hydrogen) atoms. The maximum Gasteiger partial charge on any atom is 0.322 e. The Morgan fingerprint density at radius 3 is 2.22 bits per heavy atom. The zero-order chi connectivity index (χ0) is 32.8. The van der Waals surface area contributed by atoms with Crippen LogP contribution in [0, 0.1) is 0 Å². The number of fused-ring (bicyclic) bond motifs is 1. The second kappa shape index (κ2) is 17.0. The first kappa shape index (κ1) is 34.1. The third-order valence-corrected chi connectivity index (χ3v) is 6.80. The van der Waals surface area contributed by atoms with Crippen LogP contribution in [0.2, 0.25) is 0 Å². The van der Waals surface area contributed by atoms with Gasteiger partial charge in [-0.2, -0.15) is 0 Å². The van der Waals surface area contributed by atoms with Gasteiger partial charge in [0.15, 0.2) is 5.96 Å². The van der Waals surface area contributed by atoms with Gasteiger partial charge >= 0.3 is 5.97 Å². The van der Waals surface area contributed by atoms with Crippen LogP contribution in [-0.2, 0) is 36.8 Å². The van der Waals surface area contributed by atoms with Crippen molar-refractivity contribution in [3.63, 3.8) is 0 Å². The van der Waals surface area contributed by atoms with Crippen LogP contribution in [0.25, 0.3) is 10.9 Å². The Balaban J connectivity index is 1.69. The topological polar surface area (TPSA) is 260 Å². The van der Waals surface area contributed by atoms with Crippen molar-refractivity contribution < 1.29 is 29.1 Å². The van der Waals surface area contributed by atoms with E-state index in [0.29, 0.717) is 12.0 Å². The van der Waals surface area contributed by atoms with Crippen molar-refractivity contribution in [2.24, 2.45) is 22.2 Å². The highest BCUT2D eigenvalue weighted by molar-refractivity contribution is 5.94. The zero-order valence-corrected chi connectivity index (χ0v) is 24.6. The van der Waals surface area contributed by atoms with Crippen LogP contribution in [0.4, 0.5) is 0 Å². The number of aromatic amines is 1. The molecule has 0 radical (unpaired) electrons. The van der Waals surface area contributed by atoms with E-state index in [1.54, 1.807) is 6.20 Å². The van der Waals surface area contributed by atoms with Gasteiger partial charge in [0.2, 0.25) is 23.6 Å². The van der Waals surface area contributed by atoms with Gasteiger partial charge in [-0.3, -0.25) is 29.0 Å². The number of carbonyl (C=O) groups excluding carboxylic acids is 4. The van der Waals surface area contributed by atoms with Gasteiger partial charge in [0.05, 0.1) is 12.6 Å². The SMILES string of the molecule is NC(N)=NCCC[C@H](NC(=O)CNC(=O)[C@@H](N)Cc1ccccc1)C(=O)N[C@@H](Cc1c[nH]c2ccccc12)C(=O)NCC(=O)O. The number of carbonyl (C=O) groups is 5. The van der Waals surface area contributed by atoms with Crippen LogP contribution in [0.5, 0.6) is 0 Å². The maximum atomic E-state index is 13.5. The number of aliphatic carboxylic acids is 1. The summed E-state index contributed by atoms with van der Waals surface area (Å²) in [5, 5.41) is 19.9. The van der Waals surface area contributed by atoms with Gasteiger partial charge in [0.25, 0.3) is 0 Å². The molecule has 3 aromatic rings. The molecule has 0 aliphatic rings. The average molecular weight is 622 g/mol. The first-order chi connectivity index (χ1) is 21.5. The lowest BCUT2D eigenvalue weighted by Gasteiger charge is -2.23. The molecule has 3 atom stereocenters. The molecule has 15 nitrogen and oxygen atoms in total. The molecule has 240 valence electrons.